The predicted octanol–water partition coefficient (Wildman–Crippen LogP) is 0.923. The van der Waals surface area contributed by atoms with Gasteiger partial charge in [0.2, 0.25) is 0 Å². The van der Waals surface area contributed by atoms with Crippen molar-refractivity contribution in [2.45, 2.75) is 24.8 Å². The third kappa shape index (κ3) is 1.38. The van der Waals surface area contributed by atoms with E-state index in [9.17, 15) is 4.79 Å². The van der Waals surface area contributed by atoms with Crippen molar-refractivity contribution in [1.29, 1.82) is 0 Å². The minimum atomic E-state index is 0.0291. The van der Waals surface area contributed by atoms with E-state index in [4.69, 9.17) is 4.74 Å². The summed E-state index contributed by atoms with van der Waals surface area (Å²) in [5.74, 6) is 0. The number of amides is 2. The molecule has 0 aromatic heterocycles. The van der Waals surface area contributed by atoms with Crippen LogP contribution in [-0.2, 0) is 4.74 Å². The minimum absolute atomic E-state index is 0.0291. The van der Waals surface area contributed by atoms with Gasteiger partial charge in [0.1, 0.15) is 0 Å². The van der Waals surface area contributed by atoms with E-state index in [1.165, 1.54) is 0 Å². The Morgan fingerprint density at radius 2 is 2.21 bits per heavy atom. The molecule has 2 heterocycles. The van der Waals surface area contributed by atoms with Gasteiger partial charge < -0.3 is 14.5 Å². The van der Waals surface area contributed by atoms with Crippen LogP contribution in [0.25, 0.3) is 0 Å². The van der Waals surface area contributed by atoms with Crippen LogP contribution < -0.4 is 0 Å². The van der Waals surface area contributed by atoms with Crippen LogP contribution in [-0.4, -0.2) is 55.2 Å². The van der Waals surface area contributed by atoms with E-state index >= 15 is 0 Å². The molecule has 0 saturated carbocycles. The first-order valence-corrected chi connectivity index (χ1v) is 5.22. The largest absolute Gasteiger partial charge is 0.379 e. The van der Waals surface area contributed by atoms with Crippen molar-refractivity contribution in [3.8, 4) is 0 Å². The molecule has 4 heteroatoms. The van der Waals surface area contributed by atoms with E-state index in [-0.39, 0.29) is 11.6 Å². The molecule has 2 fully saturated rings. The molecule has 2 saturated heterocycles. The highest BCUT2D eigenvalue weighted by Gasteiger charge is 2.46. The lowest BCUT2D eigenvalue weighted by Crippen LogP contribution is -2.51. The van der Waals surface area contributed by atoms with Gasteiger partial charge in [-0.05, 0) is 19.3 Å². The lowest BCUT2D eigenvalue weighted by molar-refractivity contribution is 0.102. The zero-order valence-electron chi connectivity index (χ0n) is 8.95. The van der Waals surface area contributed by atoms with Crippen molar-refractivity contribution in [3.05, 3.63) is 0 Å². The van der Waals surface area contributed by atoms with Gasteiger partial charge >= 0.3 is 6.03 Å². The summed E-state index contributed by atoms with van der Waals surface area (Å²) in [7, 11) is 3.62. The molecule has 0 aromatic carbocycles. The van der Waals surface area contributed by atoms with Crippen LogP contribution in [0.3, 0.4) is 0 Å². The molecule has 0 aliphatic carbocycles. The molecule has 0 N–H and O–H groups in total. The van der Waals surface area contributed by atoms with E-state index in [0.29, 0.717) is 0 Å². The highest BCUT2D eigenvalue weighted by Crippen LogP contribution is 2.36. The number of ether oxygens (including phenoxy) is 1. The molecule has 4 nitrogen and oxygen atoms in total. The van der Waals surface area contributed by atoms with Gasteiger partial charge in [-0.3, -0.25) is 0 Å². The summed E-state index contributed by atoms with van der Waals surface area (Å²) in [6.07, 6.45) is 3.22. The summed E-state index contributed by atoms with van der Waals surface area (Å²) in [5, 5.41) is 0. The Morgan fingerprint density at radius 1 is 1.43 bits per heavy atom. The van der Waals surface area contributed by atoms with Gasteiger partial charge in [0, 0.05) is 27.2 Å². The van der Waals surface area contributed by atoms with Crippen LogP contribution >= 0.6 is 0 Å². The second kappa shape index (κ2) is 3.42. The molecule has 1 spiro atoms. The predicted molar refractivity (Wildman–Crippen MR) is 53.2 cm³/mol. The fourth-order valence-electron chi connectivity index (χ4n) is 2.48. The van der Waals surface area contributed by atoms with Gasteiger partial charge in [-0.15, -0.1) is 0 Å². The van der Waals surface area contributed by atoms with Gasteiger partial charge in [0.15, 0.2) is 0 Å². The summed E-state index contributed by atoms with van der Waals surface area (Å²) in [6.45, 7) is 2.42. The maximum Gasteiger partial charge on any atom is 0.320 e. The summed E-state index contributed by atoms with van der Waals surface area (Å²) in [4.78, 5) is 15.6. The maximum absolute atomic E-state index is 11.9. The van der Waals surface area contributed by atoms with E-state index in [2.05, 4.69) is 0 Å². The normalized spacial score (nSPS) is 31.4. The van der Waals surface area contributed by atoms with Crippen molar-refractivity contribution in [2.24, 2.45) is 0 Å². The molecule has 1 unspecified atom stereocenters. The topological polar surface area (TPSA) is 32.8 Å². The van der Waals surface area contributed by atoms with Gasteiger partial charge in [-0.1, -0.05) is 0 Å². The van der Waals surface area contributed by atoms with Crippen LogP contribution in [0.15, 0.2) is 0 Å². The van der Waals surface area contributed by atoms with Gasteiger partial charge in [0.25, 0.3) is 0 Å². The lowest BCUT2D eigenvalue weighted by Gasteiger charge is -2.35. The van der Waals surface area contributed by atoms with Gasteiger partial charge in [-0.25, -0.2) is 4.79 Å². The van der Waals surface area contributed by atoms with E-state index in [1.54, 1.807) is 4.90 Å². The zero-order valence-corrected chi connectivity index (χ0v) is 8.95. The number of carbonyl (C=O) groups is 1. The molecule has 2 rings (SSSR count). The standard InChI is InChI=1S/C10H18N2O2/c1-11(2)9(13)12-6-3-4-10(12)5-7-14-8-10/h3-8H2,1-2H3. The van der Waals surface area contributed by atoms with Crippen molar-refractivity contribution < 1.29 is 9.53 Å². The first kappa shape index (κ1) is 9.77. The first-order valence-electron chi connectivity index (χ1n) is 5.22. The number of urea groups is 1. The Bertz CT molecular complexity index is 229. The van der Waals surface area contributed by atoms with Crippen molar-refractivity contribution in [2.75, 3.05) is 33.9 Å². The third-order valence-electron chi connectivity index (χ3n) is 3.29. The summed E-state index contributed by atoms with van der Waals surface area (Å²) in [5.41, 5.74) is 0.0291. The fraction of sp³-hybridized carbons (Fsp3) is 0.900. The van der Waals surface area contributed by atoms with Crippen molar-refractivity contribution >= 4 is 6.03 Å². The quantitative estimate of drug-likeness (QED) is 0.580. The second-order valence-electron chi connectivity index (χ2n) is 4.46. The van der Waals surface area contributed by atoms with Crippen LogP contribution in [0.2, 0.25) is 0 Å². The number of hydrogen-bond donors (Lipinski definition) is 0. The summed E-state index contributed by atoms with van der Waals surface area (Å²) < 4.78 is 5.43. The fourth-order valence-corrected chi connectivity index (χ4v) is 2.48. The van der Waals surface area contributed by atoms with E-state index in [0.717, 1.165) is 39.0 Å². The minimum Gasteiger partial charge on any atom is -0.379 e. The molecule has 2 aliphatic heterocycles. The molecule has 1 atom stereocenters. The number of carbonyl (C=O) groups excluding carboxylic acids is 1. The number of hydrogen-bond acceptors (Lipinski definition) is 2. The Balaban J connectivity index is 2.14. The molecule has 2 aliphatic rings. The average molecular weight is 198 g/mol. The molecular formula is C10H18N2O2. The molecule has 14 heavy (non-hydrogen) atoms. The Hall–Kier alpha value is -0.770. The smallest absolute Gasteiger partial charge is 0.320 e. The Morgan fingerprint density at radius 3 is 2.79 bits per heavy atom. The van der Waals surface area contributed by atoms with Crippen LogP contribution in [0, 0.1) is 0 Å². The van der Waals surface area contributed by atoms with Crippen molar-refractivity contribution in [3.63, 3.8) is 0 Å². The monoisotopic (exact) mass is 198 g/mol. The molecule has 0 bridgehead atoms. The number of rotatable bonds is 0. The number of likely N-dealkylation sites (tertiary alicyclic amines) is 1. The molecular weight excluding hydrogens is 180 g/mol. The van der Waals surface area contributed by atoms with E-state index < -0.39 is 0 Å². The third-order valence-corrected chi connectivity index (χ3v) is 3.29. The average Bonchev–Trinajstić information content (AvgIpc) is 2.76. The second-order valence-corrected chi connectivity index (χ2v) is 4.46. The summed E-state index contributed by atoms with van der Waals surface area (Å²) in [6, 6.07) is 0.132. The lowest BCUT2D eigenvalue weighted by atomic mass is 9.96. The molecule has 0 radical (unpaired) electrons. The van der Waals surface area contributed by atoms with Crippen LogP contribution in [0.5, 0.6) is 0 Å². The van der Waals surface area contributed by atoms with E-state index in [1.807, 2.05) is 19.0 Å². The van der Waals surface area contributed by atoms with Crippen LogP contribution in [0.1, 0.15) is 19.3 Å². The Kier molecular flexibility index (Phi) is 2.39. The zero-order chi connectivity index (χ0) is 10.2. The summed E-state index contributed by atoms with van der Waals surface area (Å²) >= 11 is 0. The maximum atomic E-state index is 11.9. The molecule has 80 valence electrons. The van der Waals surface area contributed by atoms with Gasteiger partial charge in [0.05, 0.1) is 12.1 Å². The SMILES string of the molecule is CN(C)C(=O)N1CCCC12CCOC2. The van der Waals surface area contributed by atoms with Crippen LogP contribution in [0.4, 0.5) is 4.79 Å². The highest BCUT2D eigenvalue weighted by molar-refractivity contribution is 5.75. The first-order chi connectivity index (χ1) is 6.66. The highest BCUT2D eigenvalue weighted by atomic mass is 16.5. The molecule has 2 amide bonds. The van der Waals surface area contributed by atoms with Crippen molar-refractivity contribution in [1.82, 2.24) is 9.80 Å². The van der Waals surface area contributed by atoms with Gasteiger partial charge in [-0.2, -0.15) is 0 Å². The molecule has 0 aromatic rings. The number of nitrogens with zero attached hydrogens (tertiary/aromatic N) is 2. The Labute approximate surface area is 84.8 Å².